The van der Waals surface area contributed by atoms with Crippen LogP contribution in [0.5, 0.6) is 0 Å². The van der Waals surface area contributed by atoms with E-state index in [0.29, 0.717) is 31.7 Å². The van der Waals surface area contributed by atoms with Gasteiger partial charge in [-0.3, -0.25) is 4.39 Å². The molecule has 0 aliphatic carbocycles. The van der Waals surface area contributed by atoms with Gasteiger partial charge in [0.15, 0.2) is 0 Å². The van der Waals surface area contributed by atoms with E-state index in [-0.39, 0.29) is 13.3 Å². The first kappa shape index (κ1) is 28.6. The van der Waals surface area contributed by atoms with Gasteiger partial charge in [0.1, 0.15) is 29.8 Å². The summed E-state index contributed by atoms with van der Waals surface area (Å²) in [5.41, 5.74) is 2.83. The maximum absolute atomic E-state index is 13.0. The van der Waals surface area contributed by atoms with Gasteiger partial charge in [-0.25, -0.2) is 15.0 Å². The number of aliphatic hydroxyl groups excluding tert-OH is 1. The second-order valence-corrected chi connectivity index (χ2v) is 10.1. The number of unbranched alkanes of at least 4 members (excludes halogenated alkanes) is 1. The number of aromatic nitrogens is 3. The molecular formula is C30H39FN6O2. The molecule has 3 aromatic rings. The zero-order valence-corrected chi connectivity index (χ0v) is 22.5. The predicted molar refractivity (Wildman–Crippen MR) is 153 cm³/mol. The molecule has 1 aromatic carbocycles. The van der Waals surface area contributed by atoms with E-state index in [1.54, 1.807) is 6.07 Å². The molecule has 0 radical (unpaired) electrons. The van der Waals surface area contributed by atoms with Crippen LogP contribution in [0, 0.1) is 0 Å². The van der Waals surface area contributed by atoms with Crippen molar-refractivity contribution in [3.05, 3.63) is 66.1 Å². The SMILES string of the molecule is O=CC(CO)(CCN(CCCF)CCCCc1ccc2c(n1)NCCC2)Nc1cc(-c2ccccc2)ncn1. The molecule has 0 amide bonds. The largest absolute Gasteiger partial charge is 0.393 e. The minimum Gasteiger partial charge on any atom is -0.393 e. The Kier molecular flexibility index (Phi) is 10.7. The zero-order valence-electron chi connectivity index (χ0n) is 22.5. The number of nitrogens with one attached hydrogen (secondary N) is 2. The number of benzene rings is 1. The Morgan fingerprint density at radius 3 is 2.72 bits per heavy atom. The van der Waals surface area contributed by atoms with Crippen LogP contribution in [0.4, 0.5) is 16.0 Å². The molecule has 0 bridgehead atoms. The summed E-state index contributed by atoms with van der Waals surface area (Å²) in [7, 11) is 0. The number of aldehydes is 1. The lowest BCUT2D eigenvalue weighted by Gasteiger charge is -2.31. The molecule has 0 saturated heterocycles. The maximum atomic E-state index is 13.0. The summed E-state index contributed by atoms with van der Waals surface area (Å²) in [5.74, 6) is 1.48. The number of anilines is 2. The number of carbonyl (C=O) groups is 1. The van der Waals surface area contributed by atoms with Crippen molar-refractivity contribution in [3.63, 3.8) is 0 Å². The van der Waals surface area contributed by atoms with Crippen molar-refractivity contribution in [2.75, 3.05) is 50.1 Å². The molecule has 0 spiro atoms. The van der Waals surface area contributed by atoms with Gasteiger partial charge in [0.2, 0.25) is 0 Å². The normalized spacial score (nSPS) is 14.3. The molecule has 8 nitrogen and oxygen atoms in total. The van der Waals surface area contributed by atoms with Crippen LogP contribution in [0.2, 0.25) is 0 Å². The van der Waals surface area contributed by atoms with Gasteiger partial charge >= 0.3 is 0 Å². The van der Waals surface area contributed by atoms with Crippen LogP contribution >= 0.6 is 0 Å². The molecule has 39 heavy (non-hydrogen) atoms. The fourth-order valence-electron chi connectivity index (χ4n) is 4.88. The first-order chi connectivity index (χ1) is 19.1. The van der Waals surface area contributed by atoms with Gasteiger partial charge in [-0.1, -0.05) is 36.4 Å². The number of hydrogen-bond donors (Lipinski definition) is 3. The summed E-state index contributed by atoms with van der Waals surface area (Å²) >= 11 is 0. The highest BCUT2D eigenvalue weighted by Gasteiger charge is 2.30. The van der Waals surface area contributed by atoms with Crippen molar-refractivity contribution >= 4 is 17.9 Å². The highest BCUT2D eigenvalue weighted by molar-refractivity contribution is 5.71. The second-order valence-electron chi connectivity index (χ2n) is 10.1. The van der Waals surface area contributed by atoms with E-state index >= 15 is 0 Å². The van der Waals surface area contributed by atoms with Crippen LogP contribution < -0.4 is 10.6 Å². The van der Waals surface area contributed by atoms with Crippen LogP contribution in [-0.2, 0) is 17.6 Å². The summed E-state index contributed by atoms with van der Waals surface area (Å²) in [4.78, 5) is 27.8. The second kappa shape index (κ2) is 14.6. The quantitative estimate of drug-likeness (QED) is 0.185. The number of fused-ring (bicyclic) bond motifs is 1. The predicted octanol–water partition coefficient (Wildman–Crippen LogP) is 4.31. The van der Waals surface area contributed by atoms with Crippen molar-refractivity contribution in [1.29, 1.82) is 0 Å². The lowest BCUT2D eigenvalue weighted by atomic mass is 9.97. The number of aliphatic hydroxyl groups is 1. The van der Waals surface area contributed by atoms with Gasteiger partial charge in [0, 0.05) is 37.0 Å². The molecule has 3 heterocycles. The molecule has 0 fully saturated rings. The Balaban J connectivity index is 1.32. The van der Waals surface area contributed by atoms with Crippen molar-refractivity contribution in [1.82, 2.24) is 19.9 Å². The summed E-state index contributed by atoms with van der Waals surface area (Å²) < 4.78 is 13.0. The van der Waals surface area contributed by atoms with Crippen molar-refractivity contribution in [3.8, 4) is 11.3 Å². The zero-order chi connectivity index (χ0) is 27.3. The average Bonchev–Trinajstić information content (AvgIpc) is 3.00. The van der Waals surface area contributed by atoms with Crippen LogP contribution in [0.1, 0.15) is 43.4 Å². The molecule has 1 aliphatic rings. The molecule has 2 aromatic heterocycles. The molecule has 1 aliphatic heterocycles. The fourth-order valence-corrected chi connectivity index (χ4v) is 4.88. The summed E-state index contributed by atoms with van der Waals surface area (Å²) in [6.45, 7) is 2.14. The Bertz CT molecular complexity index is 1180. The third kappa shape index (κ3) is 8.28. The lowest BCUT2D eigenvalue weighted by Crippen LogP contribution is -2.47. The smallest absolute Gasteiger partial charge is 0.147 e. The minimum absolute atomic E-state index is 0.363. The summed E-state index contributed by atoms with van der Waals surface area (Å²) in [5, 5.41) is 16.7. The molecule has 208 valence electrons. The molecule has 1 atom stereocenters. The Hall–Kier alpha value is -3.43. The monoisotopic (exact) mass is 534 g/mol. The Morgan fingerprint density at radius 2 is 1.92 bits per heavy atom. The summed E-state index contributed by atoms with van der Waals surface area (Å²) in [6, 6.07) is 15.8. The molecule has 1 unspecified atom stereocenters. The highest BCUT2D eigenvalue weighted by atomic mass is 19.1. The highest BCUT2D eigenvalue weighted by Crippen LogP contribution is 2.22. The number of hydrogen-bond acceptors (Lipinski definition) is 8. The number of halogens is 1. The average molecular weight is 535 g/mol. The lowest BCUT2D eigenvalue weighted by molar-refractivity contribution is -0.113. The minimum atomic E-state index is -1.20. The van der Waals surface area contributed by atoms with E-state index in [0.717, 1.165) is 74.2 Å². The van der Waals surface area contributed by atoms with Crippen molar-refractivity contribution in [2.24, 2.45) is 0 Å². The third-order valence-electron chi connectivity index (χ3n) is 7.21. The van der Waals surface area contributed by atoms with E-state index in [4.69, 9.17) is 4.98 Å². The standard InChI is InChI=1S/C30H39FN6O2/c31-15-7-18-37(17-5-4-11-26-13-12-25-10-6-16-32-29(25)35-26)19-14-30(21-38,22-39)36-28-20-27(33-23-34-28)24-8-2-1-3-9-24/h1-3,8-9,12-13,20-21,23,39H,4-7,10-11,14-19,22H2,(H,32,35)(H,33,34,36). The van der Waals surface area contributed by atoms with Gasteiger partial charge in [0.25, 0.3) is 0 Å². The van der Waals surface area contributed by atoms with E-state index in [1.807, 2.05) is 30.3 Å². The number of alkyl halides is 1. The number of pyridine rings is 1. The number of aryl methyl sites for hydroxylation is 2. The van der Waals surface area contributed by atoms with E-state index in [1.165, 1.54) is 11.9 Å². The van der Waals surface area contributed by atoms with Crippen LogP contribution in [0.3, 0.4) is 0 Å². The number of rotatable bonds is 16. The molecule has 3 N–H and O–H groups in total. The van der Waals surface area contributed by atoms with E-state index in [2.05, 4.69) is 37.6 Å². The molecule has 9 heteroatoms. The van der Waals surface area contributed by atoms with Gasteiger partial charge in [-0.05, 0) is 63.1 Å². The Morgan fingerprint density at radius 1 is 1.08 bits per heavy atom. The summed E-state index contributed by atoms with van der Waals surface area (Å²) in [6.07, 6.45) is 8.01. The van der Waals surface area contributed by atoms with Crippen LogP contribution in [0.15, 0.2) is 54.9 Å². The van der Waals surface area contributed by atoms with E-state index < -0.39 is 5.54 Å². The number of nitrogens with zero attached hydrogens (tertiary/aromatic N) is 4. The van der Waals surface area contributed by atoms with Gasteiger partial charge in [-0.15, -0.1) is 0 Å². The molecular weight excluding hydrogens is 495 g/mol. The van der Waals surface area contributed by atoms with Gasteiger partial charge < -0.3 is 25.4 Å². The van der Waals surface area contributed by atoms with Gasteiger partial charge in [0.05, 0.1) is 19.0 Å². The number of carbonyl (C=O) groups excluding carboxylic acids is 1. The van der Waals surface area contributed by atoms with Crippen LogP contribution in [0.25, 0.3) is 11.3 Å². The molecule has 0 saturated carbocycles. The van der Waals surface area contributed by atoms with Crippen LogP contribution in [-0.4, -0.2) is 76.2 Å². The van der Waals surface area contributed by atoms with Gasteiger partial charge in [-0.2, -0.15) is 0 Å². The third-order valence-corrected chi connectivity index (χ3v) is 7.21. The first-order valence-corrected chi connectivity index (χ1v) is 13.9. The fraction of sp³-hybridized carbons (Fsp3) is 0.467. The van der Waals surface area contributed by atoms with Crippen molar-refractivity contribution in [2.45, 2.75) is 50.5 Å². The first-order valence-electron chi connectivity index (χ1n) is 13.9. The maximum Gasteiger partial charge on any atom is 0.147 e. The topological polar surface area (TPSA) is 103 Å². The Labute approximate surface area is 230 Å². The van der Waals surface area contributed by atoms with E-state index in [9.17, 15) is 14.3 Å². The van der Waals surface area contributed by atoms with Crippen molar-refractivity contribution < 1.29 is 14.3 Å². The molecule has 4 rings (SSSR count).